The van der Waals surface area contributed by atoms with E-state index in [-0.39, 0.29) is 12.6 Å². The molecule has 20 heavy (non-hydrogen) atoms. The Balaban J connectivity index is 2.37. The second-order valence-corrected chi connectivity index (χ2v) is 4.68. The molecule has 1 aromatic heterocycles. The molecule has 116 valence electrons. The Kier molecular flexibility index (Phi) is 7.01. The molecule has 0 saturated carbocycles. The summed E-state index contributed by atoms with van der Waals surface area (Å²) in [5.41, 5.74) is 0. The molecule has 1 aromatic rings. The van der Waals surface area contributed by atoms with E-state index in [0.29, 0.717) is 12.8 Å². The van der Waals surface area contributed by atoms with Gasteiger partial charge in [-0.3, -0.25) is 0 Å². The highest BCUT2D eigenvalue weighted by Crippen LogP contribution is 2.14. The van der Waals surface area contributed by atoms with Crippen molar-refractivity contribution in [2.45, 2.75) is 44.9 Å². The largest absolute Gasteiger partial charge is 0.411 e. The number of nitrogens with one attached hydrogen (secondary N) is 1. The van der Waals surface area contributed by atoms with Crippen LogP contribution in [0.3, 0.4) is 0 Å². The number of aryl methyl sites for hydroxylation is 1. The molecule has 0 fully saturated rings. The molecule has 0 aromatic carbocycles. The fourth-order valence-corrected chi connectivity index (χ4v) is 1.96. The summed E-state index contributed by atoms with van der Waals surface area (Å²) in [7, 11) is 1.79. The van der Waals surface area contributed by atoms with Crippen LogP contribution in [0.15, 0.2) is 12.4 Å². The van der Waals surface area contributed by atoms with Gasteiger partial charge in [-0.2, -0.15) is 13.2 Å². The lowest BCUT2D eigenvalue weighted by Gasteiger charge is -2.17. The molecule has 7 heteroatoms. The zero-order valence-corrected chi connectivity index (χ0v) is 11.9. The smallest absolute Gasteiger partial charge is 0.372 e. The Morgan fingerprint density at radius 1 is 1.45 bits per heavy atom. The molecule has 1 atom stereocenters. The number of imidazole rings is 1. The zero-order valence-electron chi connectivity index (χ0n) is 11.9. The van der Waals surface area contributed by atoms with Gasteiger partial charge in [-0.15, -0.1) is 0 Å². The molecule has 0 bridgehead atoms. The maximum absolute atomic E-state index is 12.0. The van der Waals surface area contributed by atoms with Crippen LogP contribution in [0.4, 0.5) is 13.2 Å². The second-order valence-electron chi connectivity index (χ2n) is 4.68. The fourth-order valence-electron chi connectivity index (χ4n) is 1.96. The minimum atomic E-state index is -4.26. The van der Waals surface area contributed by atoms with Crippen molar-refractivity contribution < 1.29 is 17.9 Å². The summed E-state index contributed by atoms with van der Waals surface area (Å²) in [5.74, 6) is 0.946. The summed E-state index contributed by atoms with van der Waals surface area (Å²) in [6.07, 6.45) is 1.63. The number of halogens is 3. The molecule has 4 nitrogen and oxygen atoms in total. The Labute approximate surface area is 117 Å². The molecule has 0 radical (unpaired) electrons. The summed E-state index contributed by atoms with van der Waals surface area (Å²) in [6, 6.07) is 0.0567. The predicted octanol–water partition coefficient (Wildman–Crippen LogP) is 2.39. The molecule has 1 heterocycles. The number of hydrogen-bond donors (Lipinski definition) is 1. The Hall–Kier alpha value is -1.08. The van der Waals surface area contributed by atoms with Crippen molar-refractivity contribution in [3.63, 3.8) is 0 Å². The quantitative estimate of drug-likeness (QED) is 0.711. The fraction of sp³-hybridized carbons (Fsp3) is 0.769. The molecule has 0 aliphatic rings. The SMILES string of the molecule is CCCn1ccnc1CC(CCOCC(F)(F)F)NC. The topological polar surface area (TPSA) is 39.1 Å². The van der Waals surface area contributed by atoms with Crippen molar-refractivity contribution in [2.24, 2.45) is 0 Å². The van der Waals surface area contributed by atoms with Crippen molar-refractivity contribution in [2.75, 3.05) is 20.3 Å². The van der Waals surface area contributed by atoms with Crippen LogP contribution in [0.2, 0.25) is 0 Å². The van der Waals surface area contributed by atoms with Gasteiger partial charge in [-0.25, -0.2) is 4.98 Å². The van der Waals surface area contributed by atoms with Crippen LogP contribution < -0.4 is 5.32 Å². The van der Waals surface area contributed by atoms with Crippen molar-refractivity contribution in [1.29, 1.82) is 0 Å². The minimum absolute atomic E-state index is 0.0567. The van der Waals surface area contributed by atoms with Gasteiger partial charge in [0.2, 0.25) is 0 Å². The lowest BCUT2D eigenvalue weighted by molar-refractivity contribution is -0.174. The van der Waals surface area contributed by atoms with Gasteiger partial charge in [0.25, 0.3) is 0 Å². The van der Waals surface area contributed by atoms with Crippen molar-refractivity contribution in [1.82, 2.24) is 14.9 Å². The third kappa shape index (κ3) is 6.38. The number of alkyl halides is 3. The first kappa shape index (κ1) is 17.0. The molecule has 0 aliphatic heterocycles. The number of ether oxygens (including phenoxy) is 1. The summed E-state index contributed by atoms with van der Waals surface area (Å²) < 4.78 is 42.6. The van der Waals surface area contributed by atoms with Gasteiger partial charge in [0, 0.05) is 38.0 Å². The van der Waals surface area contributed by atoms with E-state index in [9.17, 15) is 13.2 Å². The second kappa shape index (κ2) is 8.26. The lowest BCUT2D eigenvalue weighted by atomic mass is 10.1. The predicted molar refractivity (Wildman–Crippen MR) is 70.6 cm³/mol. The Morgan fingerprint density at radius 3 is 2.80 bits per heavy atom. The summed E-state index contributed by atoms with van der Waals surface area (Å²) >= 11 is 0. The van der Waals surface area contributed by atoms with Gasteiger partial charge in [0.05, 0.1) is 0 Å². The van der Waals surface area contributed by atoms with Gasteiger partial charge < -0.3 is 14.6 Å². The molecule has 0 spiro atoms. The Morgan fingerprint density at radius 2 is 2.20 bits per heavy atom. The summed E-state index contributed by atoms with van der Waals surface area (Å²) in [4.78, 5) is 4.29. The number of likely N-dealkylation sites (N-methyl/N-ethyl adjacent to an activating group) is 1. The van der Waals surface area contributed by atoms with E-state index in [0.717, 1.165) is 18.8 Å². The molecule has 0 aliphatic carbocycles. The first-order valence-corrected chi connectivity index (χ1v) is 6.78. The van der Waals surface area contributed by atoms with Crippen molar-refractivity contribution >= 4 is 0 Å². The van der Waals surface area contributed by atoms with Crippen LogP contribution in [0, 0.1) is 0 Å². The maximum atomic E-state index is 12.0. The van der Waals surface area contributed by atoms with E-state index in [1.807, 2.05) is 6.20 Å². The van der Waals surface area contributed by atoms with Crippen LogP contribution >= 0.6 is 0 Å². The van der Waals surface area contributed by atoms with Crippen LogP contribution in [0.1, 0.15) is 25.6 Å². The van der Waals surface area contributed by atoms with Crippen LogP contribution in [-0.4, -0.2) is 42.0 Å². The van der Waals surface area contributed by atoms with Gasteiger partial charge in [0.15, 0.2) is 0 Å². The van der Waals surface area contributed by atoms with Crippen molar-refractivity contribution in [3.05, 3.63) is 18.2 Å². The molecule has 1 N–H and O–H groups in total. The van der Waals surface area contributed by atoms with Gasteiger partial charge >= 0.3 is 6.18 Å². The summed E-state index contributed by atoms with van der Waals surface area (Å²) in [6.45, 7) is 1.88. The van der Waals surface area contributed by atoms with Gasteiger partial charge in [-0.05, 0) is 19.9 Å². The van der Waals surface area contributed by atoms with E-state index in [1.165, 1.54) is 0 Å². The van der Waals surface area contributed by atoms with E-state index in [1.54, 1.807) is 13.2 Å². The maximum Gasteiger partial charge on any atom is 0.411 e. The number of rotatable bonds is 9. The first-order chi connectivity index (χ1) is 9.46. The van der Waals surface area contributed by atoms with E-state index in [2.05, 4.69) is 26.5 Å². The highest BCUT2D eigenvalue weighted by Gasteiger charge is 2.27. The van der Waals surface area contributed by atoms with Gasteiger partial charge in [-0.1, -0.05) is 6.92 Å². The number of hydrogen-bond acceptors (Lipinski definition) is 3. The van der Waals surface area contributed by atoms with E-state index < -0.39 is 12.8 Å². The molecular weight excluding hydrogens is 271 g/mol. The van der Waals surface area contributed by atoms with E-state index >= 15 is 0 Å². The first-order valence-electron chi connectivity index (χ1n) is 6.78. The van der Waals surface area contributed by atoms with E-state index in [4.69, 9.17) is 0 Å². The molecule has 0 saturated heterocycles. The Bertz CT molecular complexity index is 379. The zero-order chi connectivity index (χ0) is 15.0. The average molecular weight is 293 g/mol. The molecular formula is C13H22F3N3O. The number of aromatic nitrogens is 2. The van der Waals surface area contributed by atoms with Gasteiger partial charge in [0.1, 0.15) is 12.4 Å². The van der Waals surface area contributed by atoms with Crippen LogP contribution in [0.5, 0.6) is 0 Å². The normalized spacial score (nSPS) is 13.7. The van der Waals surface area contributed by atoms with Crippen LogP contribution in [0.25, 0.3) is 0 Å². The summed E-state index contributed by atoms with van der Waals surface area (Å²) in [5, 5.41) is 3.09. The standard InChI is InChI=1S/C13H22F3N3O/c1-3-6-19-7-5-18-12(19)9-11(17-2)4-8-20-10-13(14,15)16/h5,7,11,17H,3-4,6,8-10H2,1-2H3. The monoisotopic (exact) mass is 293 g/mol. The highest BCUT2D eigenvalue weighted by molar-refractivity contribution is 4.95. The van der Waals surface area contributed by atoms with Crippen molar-refractivity contribution in [3.8, 4) is 0 Å². The third-order valence-corrected chi connectivity index (χ3v) is 2.98. The molecule has 0 amide bonds. The molecule has 1 rings (SSSR count). The number of nitrogens with zero attached hydrogens (tertiary/aromatic N) is 2. The average Bonchev–Trinajstić information content (AvgIpc) is 2.80. The lowest BCUT2D eigenvalue weighted by Crippen LogP contribution is -2.31. The third-order valence-electron chi connectivity index (χ3n) is 2.98. The highest BCUT2D eigenvalue weighted by atomic mass is 19.4. The van der Waals surface area contributed by atoms with Crippen LogP contribution in [-0.2, 0) is 17.7 Å². The molecule has 1 unspecified atom stereocenters. The minimum Gasteiger partial charge on any atom is -0.372 e.